The first-order valence-corrected chi connectivity index (χ1v) is 10.1. The van der Waals surface area contributed by atoms with Crippen LogP contribution in [0.5, 0.6) is 0 Å². The molecule has 0 atom stereocenters. The highest BCUT2D eigenvalue weighted by Gasteiger charge is 2.16. The zero-order valence-electron chi connectivity index (χ0n) is 15.6. The van der Waals surface area contributed by atoms with Gasteiger partial charge in [-0.2, -0.15) is 0 Å². The van der Waals surface area contributed by atoms with Crippen molar-refractivity contribution in [3.8, 4) is 0 Å². The molecule has 0 saturated carbocycles. The van der Waals surface area contributed by atoms with Gasteiger partial charge in [0.1, 0.15) is 5.82 Å². The number of nitrogens with zero attached hydrogens (tertiary/aromatic N) is 2. The third kappa shape index (κ3) is 4.48. The second-order valence-corrected chi connectivity index (χ2v) is 7.31. The highest BCUT2D eigenvalue weighted by atomic mass is 35.5. The number of carbonyl (C=O) groups excluding carboxylic acids is 1. The molecule has 0 N–H and O–H groups in total. The van der Waals surface area contributed by atoms with Gasteiger partial charge in [0.2, 0.25) is 0 Å². The standard InChI is InChI=1S/C20H20ClFN2O3S/c1-3-27-19(25)13-7-8-17-16(11-13)23-20(24(17)9-10-26-2)28-12-14-5-4-6-15(21)18(14)22/h4-8,11H,3,9-10,12H2,1-2H3. The fourth-order valence-corrected chi connectivity index (χ4v) is 3.97. The number of fused-ring (bicyclic) bond motifs is 1. The maximum atomic E-state index is 14.2. The Morgan fingerprint density at radius 2 is 2.14 bits per heavy atom. The highest BCUT2D eigenvalue weighted by molar-refractivity contribution is 7.98. The average Bonchev–Trinajstić information content (AvgIpc) is 3.04. The first-order valence-electron chi connectivity index (χ1n) is 8.77. The fourth-order valence-electron chi connectivity index (χ4n) is 2.76. The molecule has 28 heavy (non-hydrogen) atoms. The van der Waals surface area contributed by atoms with E-state index in [-0.39, 0.29) is 11.0 Å². The molecule has 5 nitrogen and oxygen atoms in total. The summed E-state index contributed by atoms with van der Waals surface area (Å²) in [7, 11) is 1.63. The molecule has 0 bridgehead atoms. The minimum Gasteiger partial charge on any atom is -0.462 e. The molecular weight excluding hydrogens is 403 g/mol. The van der Waals surface area contributed by atoms with Gasteiger partial charge in [0.05, 0.1) is 34.8 Å². The molecule has 0 radical (unpaired) electrons. The van der Waals surface area contributed by atoms with E-state index in [1.807, 2.05) is 10.6 Å². The molecule has 8 heteroatoms. The monoisotopic (exact) mass is 422 g/mol. The lowest BCUT2D eigenvalue weighted by Crippen LogP contribution is -2.06. The van der Waals surface area contributed by atoms with E-state index >= 15 is 0 Å². The van der Waals surface area contributed by atoms with E-state index < -0.39 is 5.82 Å². The summed E-state index contributed by atoms with van der Waals surface area (Å²) in [6.45, 7) is 3.17. The number of methoxy groups -OCH3 is 1. The number of esters is 1. The topological polar surface area (TPSA) is 53.3 Å². The van der Waals surface area contributed by atoms with Crippen LogP contribution in [0.15, 0.2) is 41.6 Å². The number of halogens is 2. The number of carbonyl (C=O) groups is 1. The Morgan fingerprint density at radius 1 is 1.32 bits per heavy atom. The number of aromatic nitrogens is 2. The molecule has 0 spiro atoms. The van der Waals surface area contributed by atoms with E-state index in [4.69, 9.17) is 21.1 Å². The molecule has 0 unspecified atom stereocenters. The lowest BCUT2D eigenvalue weighted by Gasteiger charge is -2.09. The summed E-state index contributed by atoms with van der Waals surface area (Å²) in [5.41, 5.74) is 2.51. The molecule has 0 amide bonds. The van der Waals surface area contributed by atoms with E-state index in [9.17, 15) is 9.18 Å². The van der Waals surface area contributed by atoms with E-state index in [1.165, 1.54) is 17.8 Å². The summed E-state index contributed by atoms with van der Waals surface area (Å²) >= 11 is 7.27. The van der Waals surface area contributed by atoms with E-state index in [1.54, 1.807) is 38.3 Å². The number of benzene rings is 2. The molecule has 2 aromatic carbocycles. The zero-order valence-corrected chi connectivity index (χ0v) is 17.1. The number of imidazole rings is 1. The van der Waals surface area contributed by atoms with Gasteiger partial charge in [0.15, 0.2) is 5.16 Å². The lowest BCUT2D eigenvalue weighted by molar-refractivity contribution is 0.0526. The Labute approximate surface area is 171 Å². The van der Waals surface area contributed by atoms with Gasteiger partial charge in [-0.1, -0.05) is 35.5 Å². The second kappa shape index (κ2) is 9.41. The van der Waals surface area contributed by atoms with Gasteiger partial charge in [-0.25, -0.2) is 14.2 Å². The van der Waals surface area contributed by atoms with Crippen LogP contribution in [0.3, 0.4) is 0 Å². The Balaban J connectivity index is 1.92. The van der Waals surface area contributed by atoms with Crippen molar-refractivity contribution in [3.05, 3.63) is 58.4 Å². The Morgan fingerprint density at radius 3 is 2.89 bits per heavy atom. The second-order valence-electron chi connectivity index (χ2n) is 5.96. The molecule has 3 aromatic rings. The number of thioether (sulfide) groups is 1. The largest absolute Gasteiger partial charge is 0.462 e. The van der Waals surface area contributed by atoms with Gasteiger partial charge in [-0.15, -0.1) is 0 Å². The van der Waals surface area contributed by atoms with Crippen molar-refractivity contribution < 1.29 is 18.7 Å². The highest BCUT2D eigenvalue weighted by Crippen LogP contribution is 2.29. The van der Waals surface area contributed by atoms with Gasteiger partial charge in [0.25, 0.3) is 0 Å². The summed E-state index contributed by atoms with van der Waals surface area (Å²) in [4.78, 5) is 16.6. The van der Waals surface area contributed by atoms with Gasteiger partial charge >= 0.3 is 5.97 Å². The normalized spacial score (nSPS) is 11.1. The van der Waals surface area contributed by atoms with Gasteiger partial charge in [-0.3, -0.25) is 0 Å². The van der Waals surface area contributed by atoms with Crippen molar-refractivity contribution in [3.63, 3.8) is 0 Å². The van der Waals surface area contributed by atoms with E-state index in [0.29, 0.717) is 47.3 Å². The van der Waals surface area contributed by atoms with Crippen molar-refractivity contribution >= 4 is 40.4 Å². The summed E-state index contributed by atoms with van der Waals surface area (Å²) in [5, 5.41) is 0.817. The maximum Gasteiger partial charge on any atom is 0.338 e. The first kappa shape index (κ1) is 20.6. The molecule has 3 rings (SSSR count). The van der Waals surface area contributed by atoms with E-state index in [2.05, 4.69) is 4.98 Å². The average molecular weight is 423 g/mol. The van der Waals surface area contributed by atoms with Crippen molar-refractivity contribution in [2.45, 2.75) is 24.4 Å². The zero-order chi connectivity index (χ0) is 20.1. The van der Waals surface area contributed by atoms with Gasteiger partial charge in [0, 0.05) is 19.4 Å². The Bertz CT molecular complexity index is 993. The van der Waals surface area contributed by atoms with Crippen LogP contribution < -0.4 is 0 Å². The minimum absolute atomic E-state index is 0.102. The van der Waals surface area contributed by atoms with Crippen LogP contribution in [0.4, 0.5) is 4.39 Å². The van der Waals surface area contributed by atoms with Crippen molar-refractivity contribution in [2.24, 2.45) is 0 Å². The van der Waals surface area contributed by atoms with Crippen molar-refractivity contribution in [2.75, 3.05) is 20.3 Å². The van der Waals surface area contributed by atoms with E-state index in [0.717, 1.165) is 5.52 Å². The third-order valence-corrected chi connectivity index (χ3v) is 5.45. The van der Waals surface area contributed by atoms with Gasteiger partial charge in [-0.05, 0) is 36.8 Å². The van der Waals surface area contributed by atoms with Gasteiger partial charge < -0.3 is 14.0 Å². The fraction of sp³-hybridized carbons (Fsp3) is 0.300. The molecule has 1 heterocycles. The number of ether oxygens (including phenoxy) is 2. The summed E-state index contributed by atoms with van der Waals surface area (Å²) in [6.07, 6.45) is 0. The van der Waals surface area contributed by atoms with Crippen LogP contribution in [0.25, 0.3) is 11.0 Å². The predicted molar refractivity (Wildman–Crippen MR) is 109 cm³/mol. The molecule has 0 saturated heterocycles. The Hall–Kier alpha value is -2.09. The molecular formula is C20H20ClFN2O3S. The molecule has 0 aliphatic rings. The summed E-state index contributed by atoms with van der Waals surface area (Å²) < 4.78 is 26.4. The van der Waals surface area contributed by atoms with Crippen LogP contribution in [-0.4, -0.2) is 35.8 Å². The summed E-state index contributed by atoms with van der Waals surface area (Å²) in [5.74, 6) is -0.417. The van der Waals surface area contributed by atoms with Crippen LogP contribution in [-0.2, 0) is 21.8 Å². The van der Waals surface area contributed by atoms with Crippen molar-refractivity contribution in [1.82, 2.24) is 9.55 Å². The van der Waals surface area contributed by atoms with Crippen LogP contribution >= 0.6 is 23.4 Å². The quantitative estimate of drug-likeness (QED) is 0.380. The third-order valence-electron chi connectivity index (χ3n) is 4.13. The Kier molecular flexibility index (Phi) is 6.93. The van der Waals surface area contributed by atoms with Crippen molar-refractivity contribution in [1.29, 1.82) is 0 Å². The maximum absolute atomic E-state index is 14.2. The summed E-state index contributed by atoms with van der Waals surface area (Å²) in [6, 6.07) is 10.2. The predicted octanol–water partition coefficient (Wildman–Crippen LogP) is 4.94. The lowest BCUT2D eigenvalue weighted by atomic mass is 10.2. The van der Waals surface area contributed by atoms with Crippen LogP contribution in [0, 0.1) is 5.82 Å². The molecule has 0 aliphatic carbocycles. The molecule has 148 valence electrons. The van der Waals surface area contributed by atoms with Crippen LogP contribution in [0.1, 0.15) is 22.8 Å². The molecule has 0 fully saturated rings. The smallest absolute Gasteiger partial charge is 0.338 e. The number of hydrogen-bond acceptors (Lipinski definition) is 5. The SMILES string of the molecule is CCOC(=O)c1ccc2c(c1)nc(SCc1cccc(Cl)c1F)n2CCOC. The first-order chi connectivity index (χ1) is 13.5. The van der Waals surface area contributed by atoms with Crippen LogP contribution in [0.2, 0.25) is 5.02 Å². The molecule has 0 aliphatic heterocycles. The molecule has 1 aromatic heterocycles. The minimum atomic E-state index is -0.416. The number of rotatable bonds is 8. The number of hydrogen-bond donors (Lipinski definition) is 0.